The summed E-state index contributed by atoms with van der Waals surface area (Å²) >= 11 is 0. The van der Waals surface area contributed by atoms with Crippen molar-refractivity contribution in [3.05, 3.63) is 0 Å². The van der Waals surface area contributed by atoms with Gasteiger partial charge in [-0.05, 0) is 20.3 Å². The minimum Gasteiger partial charge on any atom is -0.461 e. The Labute approximate surface area is 165 Å². The van der Waals surface area contributed by atoms with E-state index in [1.54, 1.807) is 0 Å². The minimum atomic E-state index is -0.875. The molecular formula is C21H40O6. The van der Waals surface area contributed by atoms with E-state index in [1.165, 1.54) is 45.4 Å². The third kappa shape index (κ3) is 18.0. The second-order valence-electron chi connectivity index (χ2n) is 6.69. The van der Waals surface area contributed by atoms with Crippen LogP contribution in [-0.4, -0.2) is 51.1 Å². The van der Waals surface area contributed by atoms with Crippen molar-refractivity contribution < 1.29 is 28.5 Å². The van der Waals surface area contributed by atoms with Crippen LogP contribution in [0.2, 0.25) is 0 Å². The molecule has 0 radical (unpaired) electrons. The van der Waals surface area contributed by atoms with Gasteiger partial charge in [-0.3, -0.25) is 4.79 Å². The maximum atomic E-state index is 11.8. The van der Waals surface area contributed by atoms with Crippen LogP contribution < -0.4 is 0 Å². The fourth-order valence-electron chi connectivity index (χ4n) is 2.57. The van der Waals surface area contributed by atoms with E-state index in [2.05, 4.69) is 6.92 Å². The summed E-state index contributed by atoms with van der Waals surface area (Å²) in [5, 5.41) is 0. The number of hydrogen-bond acceptors (Lipinski definition) is 6. The molecule has 0 aromatic heterocycles. The molecule has 0 aromatic rings. The topological polar surface area (TPSA) is 71.1 Å². The number of carbonyl (C=O) groups is 2. The van der Waals surface area contributed by atoms with E-state index in [9.17, 15) is 9.59 Å². The maximum absolute atomic E-state index is 11.8. The molecular weight excluding hydrogens is 348 g/mol. The highest BCUT2D eigenvalue weighted by Gasteiger charge is 2.18. The van der Waals surface area contributed by atoms with Crippen molar-refractivity contribution in [2.75, 3.05) is 33.0 Å². The standard InChI is InChI=1S/C21H40O6/c1-4-6-7-8-9-10-11-12-13-14-20(22)27-19(3)21(23)26-18-17-25-16-15-24-5-2/h19H,4-18H2,1-3H3. The van der Waals surface area contributed by atoms with Crippen molar-refractivity contribution in [1.82, 2.24) is 0 Å². The molecule has 160 valence electrons. The highest BCUT2D eigenvalue weighted by atomic mass is 16.6. The van der Waals surface area contributed by atoms with E-state index in [-0.39, 0.29) is 12.6 Å². The summed E-state index contributed by atoms with van der Waals surface area (Å²) in [6, 6.07) is 0. The summed E-state index contributed by atoms with van der Waals surface area (Å²) in [7, 11) is 0. The van der Waals surface area contributed by atoms with Gasteiger partial charge in [-0.1, -0.05) is 58.3 Å². The van der Waals surface area contributed by atoms with Crippen LogP contribution in [0.3, 0.4) is 0 Å². The van der Waals surface area contributed by atoms with Gasteiger partial charge in [0.15, 0.2) is 6.10 Å². The number of hydrogen-bond donors (Lipinski definition) is 0. The molecule has 0 aliphatic carbocycles. The van der Waals surface area contributed by atoms with E-state index in [0.717, 1.165) is 19.3 Å². The van der Waals surface area contributed by atoms with Gasteiger partial charge in [-0.2, -0.15) is 0 Å². The number of rotatable bonds is 19. The Hall–Kier alpha value is -1.14. The van der Waals surface area contributed by atoms with Crippen molar-refractivity contribution in [1.29, 1.82) is 0 Å². The molecule has 1 atom stereocenters. The van der Waals surface area contributed by atoms with Crippen molar-refractivity contribution >= 4 is 11.9 Å². The van der Waals surface area contributed by atoms with Gasteiger partial charge in [-0.15, -0.1) is 0 Å². The zero-order chi connectivity index (χ0) is 20.2. The van der Waals surface area contributed by atoms with Crippen molar-refractivity contribution in [2.45, 2.75) is 91.1 Å². The van der Waals surface area contributed by atoms with Crippen LogP contribution in [0.25, 0.3) is 0 Å². The van der Waals surface area contributed by atoms with Crippen molar-refractivity contribution in [3.63, 3.8) is 0 Å². The summed E-state index contributed by atoms with van der Waals surface area (Å²) in [4.78, 5) is 23.5. The van der Waals surface area contributed by atoms with Gasteiger partial charge < -0.3 is 18.9 Å². The van der Waals surface area contributed by atoms with Crippen LogP contribution in [-0.2, 0) is 28.5 Å². The summed E-state index contributed by atoms with van der Waals surface area (Å²) in [5.41, 5.74) is 0. The van der Waals surface area contributed by atoms with Crippen LogP contribution in [0.15, 0.2) is 0 Å². The molecule has 0 N–H and O–H groups in total. The zero-order valence-corrected chi connectivity index (χ0v) is 17.6. The molecule has 0 aliphatic heterocycles. The molecule has 0 fully saturated rings. The minimum absolute atomic E-state index is 0.144. The Morgan fingerprint density at radius 2 is 1.30 bits per heavy atom. The molecule has 27 heavy (non-hydrogen) atoms. The predicted molar refractivity (Wildman–Crippen MR) is 106 cm³/mol. The molecule has 0 spiro atoms. The molecule has 0 heterocycles. The average Bonchev–Trinajstić information content (AvgIpc) is 2.65. The average molecular weight is 389 g/mol. The summed E-state index contributed by atoms with van der Waals surface area (Å²) < 4.78 is 20.5. The second-order valence-corrected chi connectivity index (χ2v) is 6.69. The van der Waals surface area contributed by atoms with Crippen LogP contribution in [0.5, 0.6) is 0 Å². The SMILES string of the molecule is CCCCCCCCCCCC(=O)OC(C)C(=O)OCCOCCOCC. The number of esters is 2. The molecule has 6 heteroatoms. The third-order valence-electron chi connectivity index (χ3n) is 4.17. The van der Waals surface area contributed by atoms with Crippen LogP contribution >= 0.6 is 0 Å². The molecule has 0 aromatic carbocycles. The first-order valence-electron chi connectivity index (χ1n) is 10.6. The normalized spacial score (nSPS) is 12.0. The Morgan fingerprint density at radius 3 is 1.93 bits per heavy atom. The molecule has 0 rings (SSSR count). The largest absolute Gasteiger partial charge is 0.461 e. The van der Waals surface area contributed by atoms with Crippen LogP contribution in [0, 0.1) is 0 Å². The molecule has 0 saturated carbocycles. The molecule has 1 unspecified atom stereocenters. The molecule has 6 nitrogen and oxygen atoms in total. The van der Waals surface area contributed by atoms with E-state index in [1.807, 2.05) is 6.92 Å². The first-order valence-corrected chi connectivity index (χ1v) is 10.6. The lowest BCUT2D eigenvalue weighted by molar-refractivity contribution is -0.167. The Bertz CT molecular complexity index is 359. The quantitative estimate of drug-likeness (QED) is 0.241. The first-order chi connectivity index (χ1) is 13.1. The fourth-order valence-corrected chi connectivity index (χ4v) is 2.57. The fraction of sp³-hybridized carbons (Fsp3) is 0.905. The van der Waals surface area contributed by atoms with E-state index < -0.39 is 12.1 Å². The smallest absolute Gasteiger partial charge is 0.347 e. The lowest BCUT2D eigenvalue weighted by atomic mass is 10.1. The maximum Gasteiger partial charge on any atom is 0.347 e. The molecule has 0 aliphatic rings. The molecule has 0 saturated heterocycles. The number of carbonyl (C=O) groups excluding carboxylic acids is 2. The number of ether oxygens (including phenoxy) is 4. The Morgan fingerprint density at radius 1 is 0.741 bits per heavy atom. The second kappa shape index (κ2) is 19.6. The Kier molecular flexibility index (Phi) is 18.8. The highest BCUT2D eigenvalue weighted by molar-refractivity contribution is 5.78. The van der Waals surface area contributed by atoms with Gasteiger partial charge >= 0.3 is 11.9 Å². The van der Waals surface area contributed by atoms with Gasteiger partial charge in [0.2, 0.25) is 0 Å². The van der Waals surface area contributed by atoms with Gasteiger partial charge in [-0.25, -0.2) is 4.79 Å². The third-order valence-corrected chi connectivity index (χ3v) is 4.17. The van der Waals surface area contributed by atoms with Gasteiger partial charge in [0, 0.05) is 13.0 Å². The van der Waals surface area contributed by atoms with Crippen molar-refractivity contribution in [2.24, 2.45) is 0 Å². The van der Waals surface area contributed by atoms with Crippen LogP contribution in [0.1, 0.15) is 85.0 Å². The summed E-state index contributed by atoms with van der Waals surface area (Å²) in [6.45, 7) is 7.77. The van der Waals surface area contributed by atoms with Crippen LogP contribution in [0.4, 0.5) is 0 Å². The van der Waals surface area contributed by atoms with E-state index in [0.29, 0.717) is 32.8 Å². The van der Waals surface area contributed by atoms with E-state index in [4.69, 9.17) is 18.9 Å². The highest BCUT2D eigenvalue weighted by Crippen LogP contribution is 2.11. The Balaban J connectivity index is 3.52. The predicted octanol–water partition coefficient (Wildman–Crippen LogP) is 4.44. The molecule has 0 bridgehead atoms. The monoisotopic (exact) mass is 388 g/mol. The van der Waals surface area contributed by atoms with Gasteiger partial charge in [0.1, 0.15) is 6.61 Å². The van der Waals surface area contributed by atoms with Gasteiger partial charge in [0.05, 0.1) is 19.8 Å². The van der Waals surface area contributed by atoms with Crippen molar-refractivity contribution in [3.8, 4) is 0 Å². The summed E-state index contributed by atoms with van der Waals surface area (Å²) in [6.07, 6.45) is 10.2. The zero-order valence-electron chi connectivity index (χ0n) is 17.6. The lowest BCUT2D eigenvalue weighted by Crippen LogP contribution is -2.27. The lowest BCUT2D eigenvalue weighted by Gasteiger charge is -2.13. The van der Waals surface area contributed by atoms with Gasteiger partial charge in [0.25, 0.3) is 0 Å². The first kappa shape index (κ1) is 25.9. The van der Waals surface area contributed by atoms with E-state index >= 15 is 0 Å². The number of unbranched alkanes of at least 4 members (excludes halogenated alkanes) is 8. The molecule has 0 amide bonds. The summed E-state index contributed by atoms with van der Waals surface area (Å²) in [5.74, 6) is -0.876.